The van der Waals surface area contributed by atoms with Crippen LogP contribution < -0.4 is 5.73 Å². The number of alkyl halides is 1. The highest BCUT2D eigenvalue weighted by Gasteiger charge is 2.32. The van der Waals surface area contributed by atoms with Crippen LogP contribution in [0.5, 0.6) is 0 Å². The summed E-state index contributed by atoms with van der Waals surface area (Å²) in [6.07, 6.45) is -0.928. The van der Waals surface area contributed by atoms with Gasteiger partial charge in [-0.3, -0.25) is 0 Å². The van der Waals surface area contributed by atoms with Crippen molar-refractivity contribution in [2.75, 3.05) is 19.6 Å². The van der Waals surface area contributed by atoms with Gasteiger partial charge in [0.25, 0.3) is 0 Å². The molecule has 1 rings (SSSR count). The van der Waals surface area contributed by atoms with Crippen molar-refractivity contribution in [3.63, 3.8) is 0 Å². The molecule has 0 aliphatic carbocycles. The van der Waals surface area contributed by atoms with Crippen molar-refractivity contribution in [2.24, 2.45) is 11.7 Å². The molecule has 2 N–H and O–H groups in total. The van der Waals surface area contributed by atoms with Crippen molar-refractivity contribution in [2.45, 2.75) is 39.0 Å². The third kappa shape index (κ3) is 3.63. The quantitative estimate of drug-likeness (QED) is 0.746. The second kappa shape index (κ2) is 4.99. The molecule has 0 spiro atoms. The number of nitrogens with two attached hydrogens (primary N) is 1. The molecule has 2 atom stereocenters. The van der Waals surface area contributed by atoms with E-state index in [-0.39, 0.29) is 18.6 Å². The van der Waals surface area contributed by atoms with Crippen LogP contribution in [0.15, 0.2) is 0 Å². The third-order valence-electron chi connectivity index (χ3n) is 2.60. The molecule has 1 saturated heterocycles. The van der Waals surface area contributed by atoms with Gasteiger partial charge in [-0.1, -0.05) is 0 Å². The lowest BCUT2D eigenvalue weighted by Crippen LogP contribution is -2.48. The van der Waals surface area contributed by atoms with E-state index in [4.69, 9.17) is 10.5 Å². The van der Waals surface area contributed by atoms with Crippen LogP contribution in [0.2, 0.25) is 0 Å². The molecule has 5 heteroatoms. The number of carbonyl (C=O) groups is 1. The van der Waals surface area contributed by atoms with Crippen molar-refractivity contribution in [3.8, 4) is 0 Å². The lowest BCUT2D eigenvalue weighted by Gasteiger charge is -2.35. The summed E-state index contributed by atoms with van der Waals surface area (Å²) < 4.78 is 18.6. The highest BCUT2D eigenvalue weighted by molar-refractivity contribution is 5.68. The maximum absolute atomic E-state index is 13.4. The van der Waals surface area contributed by atoms with E-state index < -0.39 is 11.8 Å². The van der Waals surface area contributed by atoms with Crippen LogP contribution in [-0.4, -0.2) is 42.4 Å². The summed E-state index contributed by atoms with van der Waals surface area (Å²) in [7, 11) is 0. The SMILES string of the molecule is CC(C)(C)OC(=O)N1CC[C@H](F)[C@H](CN)C1. The highest BCUT2D eigenvalue weighted by Crippen LogP contribution is 2.21. The number of carbonyl (C=O) groups excluding carboxylic acids is 1. The van der Waals surface area contributed by atoms with E-state index in [9.17, 15) is 9.18 Å². The smallest absolute Gasteiger partial charge is 0.410 e. The first-order valence-electron chi connectivity index (χ1n) is 5.65. The summed E-state index contributed by atoms with van der Waals surface area (Å²) in [5, 5.41) is 0. The first kappa shape index (κ1) is 13.2. The van der Waals surface area contributed by atoms with Gasteiger partial charge in [0.15, 0.2) is 0 Å². The fourth-order valence-electron chi connectivity index (χ4n) is 1.72. The van der Waals surface area contributed by atoms with E-state index in [1.165, 1.54) is 0 Å². The van der Waals surface area contributed by atoms with Crippen molar-refractivity contribution in [3.05, 3.63) is 0 Å². The van der Waals surface area contributed by atoms with Gasteiger partial charge in [-0.15, -0.1) is 0 Å². The monoisotopic (exact) mass is 232 g/mol. The van der Waals surface area contributed by atoms with E-state index in [0.29, 0.717) is 19.5 Å². The summed E-state index contributed by atoms with van der Waals surface area (Å²) in [6, 6.07) is 0. The molecule has 0 bridgehead atoms. The van der Waals surface area contributed by atoms with Crippen molar-refractivity contribution in [1.29, 1.82) is 0 Å². The van der Waals surface area contributed by atoms with Gasteiger partial charge in [-0.25, -0.2) is 9.18 Å². The van der Waals surface area contributed by atoms with Crippen LogP contribution in [0.25, 0.3) is 0 Å². The molecule has 1 heterocycles. The number of hydrogen-bond donors (Lipinski definition) is 1. The maximum Gasteiger partial charge on any atom is 0.410 e. The number of halogens is 1. The predicted molar refractivity (Wildman–Crippen MR) is 59.9 cm³/mol. The Morgan fingerprint density at radius 3 is 2.69 bits per heavy atom. The molecule has 0 saturated carbocycles. The summed E-state index contributed by atoms with van der Waals surface area (Å²) in [5.41, 5.74) is 4.95. The minimum absolute atomic E-state index is 0.263. The molecular formula is C11H21FN2O2. The standard InChI is InChI=1S/C11H21FN2O2/c1-11(2,3)16-10(15)14-5-4-9(12)8(6-13)7-14/h8-9H,4-7,13H2,1-3H3/t8-,9+/m1/s1. The van der Waals surface area contributed by atoms with E-state index in [1.54, 1.807) is 4.90 Å². The lowest BCUT2D eigenvalue weighted by atomic mass is 9.96. The Hall–Kier alpha value is -0.840. The fraction of sp³-hybridized carbons (Fsp3) is 0.909. The van der Waals surface area contributed by atoms with Gasteiger partial charge in [0.1, 0.15) is 11.8 Å². The molecule has 1 aliphatic heterocycles. The van der Waals surface area contributed by atoms with Gasteiger partial charge in [0, 0.05) is 19.0 Å². The molecular weight excluding hydrogens is 211 g/mol. The van der Waals surface area contributed by atoms with Gasteiger partial charge in [-0.05, 0) is 33.7 Å². The molecule has 0 aromatic heterocycles. The van der Waals surface area contributed by atoms with Crippen LogP contribution in [0, 0.1) is 5.92 Å². The Balaban J connectivity index is 2.52. The maximum atomic E-state index is 13.4. The zero-order valence-corrected chi connectivity index (χ0v) is 10.2. The number of hydrogen-bond acceptors (Lipinski definition) is 3. The molecule has 16 heavy (non-hydrogen) atoms. The Kier molecular flexibility index (Phi) is 4.13. The second-order valence-corrected chi connectivity index (χ2v) is 5.23. The molecule has 0 aromatic carbocycles. The van der Waals surface area contributed by atoms with Crippen LogP contribution in [0.3, 0.4) is 0 Å². The second-order valence-electron chi connectivity index (χ2n) is 5.23. The van der Waals surface area contributed by atoms with Crippen molar-refractivity contribution < 1.29 is 13.9 Å². The van der Waals surface area contributed by atoms with Crippen LogP contribution in [0.1, 0.15) is 27.2 Å². The molecule has 1 fully saturated rings. The van der Waals surface area contributed by atoms with Gasteiger partial charge in [-0.2, -0.15) is 0 Å². The zero-order valence-electron chi connectivity index (χ0n) is 10.2. The molecule has 1 amide bonds. The minimum atomic E-state index is -0.899. The average molecular weight is 232 g/mol. The Morgan fingerprint density at radius 1 is 1.56 bits per heavy atom. The molecule has 4 nitrogen and oxygen atoms in total. The Labute approximate surface area is 95.9 Å². The van der Waals surface area contributed by atoms with Crippen LogP contribution in [0.4, 0.5) is 9.18 Å². The molecule has 1 aliphatic rings. The van der Waals surface area contributed by atoms with Crippen LogP contribution in [-0.2, 0) is 4.74 Å². The van der Waals surface area contributed by atoms with Crippen LogP contribution >= 0.6 is 0 Å². The van der Waals surface area contributed by atoms with E-state index >= 15 is 0 Å². The van der Waals surface area contributed by atoms with Gasteiger partial charge in [0.2, 0.25) is 0 Å². The molecule has 0 unspecified atom stereocenters. The topological polar surface area (TPSA) is 55.6 Å². The molecule has 0 radical (unpaired) electrons. The van der Waals surface area contributed by atoms with Gasteiger partial charge in [0.05, 0.1) is 0 Å². The molecule has 0 aromatic rings. The number of rotatable bonds is 1. The molecule has 94 valence electrons. The zero-order chi connectivity index (χ0) is 12.3. The number of piperidine rings is 1. The number of ether oxygens (including phenoxy) is 1. The summed E-state index contributed by atoms with van der Waals surface area (Å²) >= 11 is 0. The summed E-state index contributed by atoms with van der Waals surface area (Å²) in [5.74, 6) is -0.263. The Morgan fingerprint density at radius 2 is 2.19 bits per heavy atom. The number of likely N-dealkylation sites (tertiary alicyclic amines) is 1. The van der Waals surface area contributed by atoms with Gasteiger partial charge < -0.3 is 15.4 Å². The van der Waals surface area contributed by atoms with Crippen molar-refractivity contribution in [1.82, 2.24) is 4.90 Å². The summed E-state index contributed by atoms with van der Waals surface area (Å²) in [4.78, 5) is 13.3. The predicted octanol–water partition coefficient (Wildman–Crippen LogP) is 1.54. The Bertz CT molecular complexity index is 253. The van der Waals surface area contributed by atoms with E-state index in [1.807, 2.05) is 20.8 Å². The van der Waals surface area contributed by atoms with Crippen molar-refractivity contribution >= 4 is 6.09 Å². The first-order chi connectivity index (χ1) is 7.33. The number of nitrogens with zero attached hydrogens (tertiary/aromatic N) is 1. The highest BCUT2D eigenvalue weighted by atomic mass is 19.1. The fourth-order valence-corrected chi connectivity index (χ4v) is 1.72. The normalized spacial score (nSPS) is 26.7. The third-order valence-corrected chi connectivity index (χ3v) is 2.60. The average Bonchev–Trinajstić information content (AvgIpc) is 2.15. The van der Waals surface area contributed by atoms with Gasteiger partial charge >= 0.3 is 6.09 Å². The van der Waals surface area contributed by atoms with E-state index in [2.05, 4.69) is 0 Å². The summed E-state index contributed by atoms with van der Waals surface area (Å²) in [6.45, 7) is 6.47. The largest absolute Gasteiger partial charge is 0.444 e. The minimum Gasteiger partial charge on any atom is -0.444 e. The number of amides is 1. The van der Waals surface area contributed by atoms with E-state index in [0.717, 1.165) is 0 Å². The lowest BCUT2D eigenvalue weighted by molar-refractivity contribution is 0.00770. The first-order valence-corrected chi connectivity index (χ1v) is 5.65.